The molecule has 0 fully saturated rings. The summed E-state index contributed by atoms with van der Waals surface area (Å²) >= 11 is 6.20. The maximum absolute atomic E-state index is 13.5. The van der Waals surface area contributed by atoms with Crippen molar-refractivity contribution in [3.63, 3.8) is 0 Å². The molecule has 2 heterocycles. The van der Waals surface area contributed by atoms with Gasteiger partial charge in [-0.05, 0) is 43.0 Å². The first-order chi connectivity index (χ1) is 21.5. The molecule has 240 valence electrons. The molecule has 1 aromatic heterocycles. The van der Waals surface area contributed by atoms with Crippen LogP contribution in [0.3, 0.4) is 0 Å². The molecule has 2 bridgehead atoms. The van der Waals surface area contributed by atoms with Crippen LogP contribution in [0.1, 0.15) is 48.8 Å². The van der Waals surface area contributed by atoms with Crippen molar-refractivity contribution >= 4 is 35.2 Å². The van der Waals surface area contributed by atoms with Gasteiger partial charge in [0.2, 0.25) is 17.7 Å². The largest absolute Gasteiger partial charge is 0.491 e. The minimum Gasteiger partial charge on any atom is -0.491 e. The van der Waals surface area contributed by atoms with E-state index in [0.717, 1.165) is 5.56 Å². The van der Waals surface area contributed by atoms with E-state index in [-0.39, 0.29) is 49.8 Å². The van der Waals surface area contributed by atoms with E-state index in [1.807, 2.05) is 44.2 Å². The van der Waals surface area contributed by atoms with Crippen LogP contribution in [-0.4, -0.2) is 74.6 Å². The lowest BCUT2D eigenvalue weighted by molar-refractivity contribution is -0.135. The first-order valence-corrected chi connectivity index (χ1v) is 15.1. The Hall–Kier alpha value is -4.49. The van der Waals surface area contributed by atoms with E-state index >= 15 is 0 Å². The topological polar surface area (TPSA) is 177 Å². The predicted octanol–water partition coefficient (Wildman–Crippen LogP) is 1.38. The number of fused-ring (bicyclic) bond motifs is 3. The number of rotatable bonds is 5. The molecule has 1 aliphatic heterocycles. The first kappa shape index (κ1) is 33.4. The molecule has 45 heavy (non-hydrogen) atoms. The standard InChI is InChI=1S/C31H38ClN7O6/c1-18(2)13-24-30(43)36-27(19(3)40)31(44)35-25(14-20-7-5-4-6-8-20)29(42)33-16-22-17-39(38-37-22)11-12-45-26-10-9-21(32)15-23(26)28(41)34-24/h4-10,15,17-19,24-25,27,40H,11-14,16H2,1-3H3,(H,33,42)(H,34,41)(H,35,44)(H,36,43)/t19-,24-,25+,27+/m1/s1. The van der Waals surface area contributed by atoms with Crippen LogP contribution in [-0.2, 0) is 33.9 Å². The van der Waals surface area contributed by atoms with Gasteiger partial charge in [-0.3, -0.25) is 19.2 Å². The normalized spacial score (nSPS) is 21.0. The molecule has 1 aliphatic rings. The third kappa shape index (κ3) is 9.50. The maximum Gasteiger partial charge on any atom is 0.255 e. The van der Waals surface area contributed by atoms with Crippen molar-refractivity contribution in [3.8, 4) is 5.75 Å². The zero-order chi connectivity index (χ0) is 32.5. The average Bonchev–Trinajstić information content (AvgIpc) is 3.45. The van der Waals surface area contributed by atoms with Gasteiger partial charge in [-0.1, -0.05) is 61.0 Å². The molecule has 0 saturated heterocycles. The zero-order valence-electron chi connectivity index (χ0n) is 25.3. The molecule has 0 saturated carbocycles. The first-order valence-electron chi connectivity index (χ1n) is 14.7. The Labute approximate surface area is 266 Å². The Morgan fingerprint density at radius 2 is 1.73 bits per heavy atom. The van der Waals surface area contributed by atoms with Crippen LogP contribution in [0.25, 0.3) is 0 Å². The Kier molecular flexibility index (Phi) is 11.5. The summed E-state index contributed by atoms with van der Waals surface area (Å²) in [6.45, 7) is 5.57. The summed E-state index contributed by atoms with van der Waals surface area (Å²) in [5.41, 5.74) is 1.38. The average molecular weight is 640 g/mol. The van der Waals surface area contributed by atoms with Crippen molar-refractivity contribution in [2.45, 2.75) is 70.9 Å². The molecular weight excluding hydrogens is 602 g/mol. The molecule has 14 heteroatoms. The molecule has 0 spiro atoms. The van der Waals surface area contributed by atoms with Crippen LogP contribution in [0.15, 0.2) is 54.7 Å². The SMILES string of the molecule is CC(C)C[C@H]1NC(=O)c2cc(Cl)ccc2OCCn2cc(nn2)CNC(=O)[C@H](Cc2ccccc2)NC(=O)[C@H]([C@@H](C)O)NC1=O. The lowest BCUT2D eigenvalue weighted by Gasteiger charge is -2.27. The molecule has 4 amide bonds. The van der Waals surface area contributed by atoms with Crippen molar-refractivity contribution in [3.05, 3.63) is 76.6 Å². The summed E-state index contributed by atoms with van der Waals surface area (Å²) < 4.78 is 7.43. The lowest BCUT2D eigenvalue weighted by Crippen LogP contribution is -2.60. The van der Waals surface area contributed by atoms with Gasteiger partial charge in [0.1, 0.15) is 36.2 Å². The fourth-order valence-electron chi connectivity index (χ4n) is 4.80. The van der Waals surface area contributed by atoms with E-state index < -0.39 is 47.9 Å². The van der Waals surface area contributed by atoms with Crippen LogP contribution in [0.5, 0.6) is 5.75 Å². The summed E-state index contributed by atoms with van der Waals surface area (Å²) in [4.78, 5) is 53.9. The van der Waals surface area contributed by atoms with Gasteiger partial charge in [0.25, 0.3) is 5.91 Å². The molecular formula is C31H38ClN7O6. The predicted molar refractivity (Wildman–Crippen MR) is 165 cm³/mol. The monoisotopic (exact) mass is 639 g/mol. The number of hydrogen-bond donors (Lipinski definition) is 5. The molecule has 4 atom stereocenters. The molecule has 0 radical (unpaired) electrons. The lowest BCUT2D eigenvalue weighted by atomic mass is 10.0. The number of amides is 4. The highest BCUT2D eigenvalue weighted by Gasteiger charge is 2.33. The van der Waals surface area contributed by atoms with Gasteiger partial charge in [0.15, 0.2) is 0 Å². The van der Waals surface area contributed by atoms with E-state index in [1.165, 1.54) is 17.7 Å². The van der Waals surface area contributed by atoms with E-state index in [9.17, 15) is 24.3 Å². The third-order valence-electron chi connectivity index (χ3n) is 7.10. The van der Waals surface area contributed by atoms with Crippen molar-refractivity contribution in [1.29, 1.82) is 0 Å². The number of carbonyl (C=O) groups excluding carboxylic acids is 4. The van der Waals surface area contributed by atoms with Crippen molar-refractivity contribution in [2.75, 3.05) is 6.61 Å². The Bertz CT molecular complexity index is 1500. The van der Waals surface area contributed by atoms with Crippen molar-refractivity contribution in [1.82, 2.24) is 36.3 Å². The number of benzene rings is 2. The van der Waals surface area contributed by atoms with Crippen molar-refractivity contribution < 1.29 is 29.0 Å². The van der Waals surface area contributed by atoms with Crippen LogP contribution < -0.4 is 26.0 Å². The second-order valence-corrected chi connectivity index (χ2v) is 11.7. The highest BCUT2D eigenvalue weighted by atomic mass is 35.5. The van der Waals surface area contributed by atoms with Gasteiger partial charge in [0, 0.05) is 11.4 Å². The van der Waals surface area contributed by atoms with Crippen LogP contribution in [0, 0.1) is 5.92 Å². The fraction of sp³-hybridized carbons (Fsp3) is 0.419. The number of nitrogens with one attached hydrogen (secondary N) is 4. The molecule has 2 aromatic carbocycles. The maximum atomic E-state index is 13.5. The van der Waals surface area contributed by atoms with Crippen molar-refractivity contribution in [2.24, 2.45) is 5.92 Å². The van der Waals surface area contributed by atoms with Gasteiger partial charge in [0.05, 0.1) is 31.0 Å². The van der Waals surface area contributed by atoms with Gasteiger partial charge >= 0.3 is 0 Å². The molecule has 3 aromatic rings. The summed E-state index contributed by atoms with van der Waals surface area (Å²) in [7, 11) is 0. The van der Waals surface area contributed by atoms with E-state index in [4.69, 9.17) is 16.3 Å². The zero-order valence-corrected chi connectivity index (χ0v) is 26.1. The second-order valence-electron chi connectivity index (χ2n) is 11.3. The number of nitrogens with zero attached hydrogens (tertiary/aromatic N) is 3. The number of carbonyl (C=O) groups is 4. The minimum atomic E-state index is -1.43. The smallest absolute Gasteiger partial charge is 0.255 e. The van der Waals surface area contributed by atoms with Gasteiger partial charge in [-0.25, -0.2) is 4.68 Å². The van der Waals surface area contributed by atoms with E-state index in [1.54, 1.807) is 18.3 Å². The van der Waals surface area contributed by atoms with Gasteiger partial charge in [-0.15, -0.1) is 5.10 Å². The van der Waals surface area contributed by atoms with Crippen LogP contribution in [0.2, 0.25) is 5.02 Å². The highest BCUT2D eigenvalue weighted by molar-refractivity contribution is 6.31. The van der Waals surface area contributed by atoms with E-state index in [0.29, 0.717) is 10.7 Å². The molecule has 5 N–H and O–H groups in total. The van der Waals surface area contributed by atoms with E-state index in [2.05, 4.69) is 31.6 Å². The minimum absolute atomic E-state index is 0.0213. The molecule has 13 nitrogen and oxygen atoms in total. The second kappa shape index (κ2) is 15.5. The quantitative estimate of drug-likeness (QED) is 0.278. The van der Waals surface area contributed by atoms with Crippen LogP contribution >= 0.6 is 11.6 Å². The number of halogens is 1. The van der Waals surface area contributed by atoms with Gasteiger partial charge < -0.3 is 31.1 Å². The summed E-state index contributed by atoms with van der Waals surface area (Å²) in [5, 5.41) is 29.8. The Balaban J connectivity index is 1.67. The number of ether oxygens (including phenoxy) is 1. The van der Waals surface area contributed by atoms with Crippen LogP contribution in [0.4, 0.5) is 0 Å². The number of aliphatic hydroxyl groups is 1. The summed E-state index contributed by atoms with van der Waals surface area (Å²) in [5.74, 6) is -2.32. The number of aromatic nitrogens is 3. The fourth-order valence-corrected chi connectivity index (χ4v) is 4.97. The Morgan fingerprint density at radius 3 is 2.44 bits per heavy atom. The van der Waals surface area contributed by atoms with Gasteiger partial charge in [-0.2, -0.15) is 0 Å². The molecule has 4 rings (SSSR count). The number of aliphatic hydroxyl groups excluding tert-OH is 1. The molecule has 0 aliphatic carbocycles. The third-order valence-corrected chi connectivity index (χ3v) is 7.34. The number of hydrogen-bond acceptors (Lipinski definition) is 8. The summed E-state index contributed by atoms with van der Waals surface area (Å²) in [6, 6.07) is 10.2. The molecule has 0 unspecified atom stereocenters. The highest BCUT2D eigenvalue weighted by Crippen LogP contribution is 2.24. The summed E-state index contributed by atoms with van der Waals surface area (Å²) in [6.07, 6.45) is 0.704. The Morgan fingerprint density at radius 1 is 0.978 bits per heavy atom.